The second-order valence-electron chi connectivity index (χ2n) is 5.05. The van der Waals surface area contributed by atoms with Gasteiger partial charge in [-0.05, 0) is 33.1 Å². The Balaban J connectivity index is 2.49. The van der Waals surface area contributed by atoms with E-state index in [4.69, 9.17) is 5.11 Å². The number of rotatable bonds is 7. The van der Waals surface area contributed by atoms with Crippen LogP contribution in [0.1, 0.15) is 36.2 Å². The zero-order valence-electron chi connectivity index (χ0n) is 12.4. The summed E-state index contributed by atoms with van der Waals surface area (Å²) in [6.45, 7) is 4.91. The fraction of sp³-hybridized carbons (Fsp3) is 0.714. The third-order valence-electron chi connectivity index (χ3n) is 3.56. The number of likely N-dealkylation sites (N-methyl/N-ethyl adjacent to an activating group) is 1. The second-order valence-corrected chi connectivity index (χ2v) is 5.05. The topological polar surface area (TPSA) is 58.4 Å². The smallest absolute Gasteiger partial charge is 0.226 e. The van der Waals surface area contributed by atoms with Crippen LogP contribution in [0, 0.1) is 13.8 Å². The molecular weight excluding hydrogens is 242 g/mol. The number of amides is 1. The lowest BCUT2D eigenvalue weighted by molar-refractivity contribution is -0.129. The molecule has 0 bridgehead atoms. The first-order valence-corrected chi connectivity index (χ1v) is 6.81. The SMILES string of the molecule is Cc1nn(C)c(C)c1CC(=O)N(C)CCCCCO. The lowest BCUT2D eigenvalue weighted by Crippen LogP contribution is -2.29. The van der Waals surface area contributed by atoms with E-state index in [1.165, 1.54) is 0 Å². The molecule has 0 spiro atoms. The number of hydrogen-bond acceptors (Lipinski definition) is 3. The van der Waals surface area contributed by atoms with Crippen LogP contribution in [-0.2, 0) is 18.3 Å². The summed E-state index contributed by atoms with van der Waals surface area (Å²) in [7, 11) is 3.73. The minimum atomic E-state index is 0.128. The van der Waals surface area contributed by atoms with E-state index >= 15 is 0 Å². The molecule has 0 unspecified atom stereocenters. The molecule has 1 aromatic heterocycles. The molecule has 0 fully saturated rings. The quantitative estimate of drug-likeness (QED) is 0.755. The molecule has 0 aliphatic heterocycles. The molecule has 1 N–H and O–H groups in total. The zero-order valence-corrected chi connectivity index (χ0v) is 12.4. The highest BCUT2D eigenvalue weighted by atomic mass is 16.2. The Hall–Kier alpha value is -1.36. The molecule has 0 aliphatic rings. The summed E-state index contributed by atoms with van der Waals surface area (Å²) < 4.78 is 1.82. The molecule has 5 heteroatoms. The zero-order chi connectivity index (χ0) is 14.4. The fourth-order valence-corrected chi connectivity index (χ4v) is 2.12. The number of aromatic nitrogens is 2. The Morgan fingerprint density at radius 2 is 2.00 bits per heavy atom. The van der Waals surface area contributed by atoms with E-state index < -0.39 is 0 Å². The minimum Gasteiger partial charge on any atom is -0.396 e. The van der Waals surface area contributed by atoms with Crippen LogP contribution in [0.4, 0.5) is 0 Å². The summed E-state index contributed by atoms with van der Waals surface area (Å²) in [6.07, 6.45) is 3.12. The average molecular weight is 267 g/mol. The Morgan fingerprint density at radius 1 is 1.32 bits per heavy atom. The molecule has 1 rings (SSSR count). The van der Waals surface area contributed by atoms with Crippen molar-refractivity contribution in [2.24, 2.45) is 7.05 Å². The highest BCUT2D eigenvalue weighted by Crippen LogP contribution is 2.13. The predicted octanol–water partition coefficient (Wildman–Crippen LogP) is 1.20. The maximum atomic E-state index is 12.1. The first-order chi connectivity index (χ1) is 8.97. The van der Waals surface area contributed by atoms with Gasteiger partial charge in [0.15, 0.2) is 0 Å². The molecule has 5 nitrogen and oxygen atoms in total. The third kappa shape index (κ3) is 4.35. The maximum absolute atomic E-state index is 12.1. The molecule has 0 aromatic carbocycles. The van der Waals surface area contributed by atoms with Gasteiger partial charge in [-0.3, -0.25) is 9.48 Å². The third-order valence-corrected chi connectivity index (χ3v) is 3.56. The standard InChI is InChI=1S/C14H25N3O2/c1-11-13(12(2)17(4)15-11)10-14(19)16(3)8-6-5-7-9-18/h18H,5-10H2,1-4H3. The van der Waals surface area contributed by atoms with Crippen LogP contribution in [-0.4, -0.2) is 45.9 Å². The van der Waals surface area contributed by atoms with Crippen molar-refractivity contribution >= 4 is 5.91 Å². The van der Waals surface area contributed by atoms with Crippen molar-refractivity contribution < 1.29 is 9.90 Å². The van der Waals surface area contributed by atoms with E-state index in [2.05, 4.69) is 5.10 Å². The monoisotopic (exact) mass is 267 g/mol. The van der Waals surface area contributed by atoms with E-state index in [1.54, 1.807) is 4.90 Å². The van der Waals surface area contributed by atoms with Crippen molar-refractivity contribution in [2.75, 3.05) is 20.2 Å². The lowest BCUT2D eigenvalue weighted by Gasteiger charge is -2.17. The Kier molecular flexibility index (Phi) is 6.02. The fourth-order valence-electron chi connectivity index (χ4n) is 2.12. The van der Waals surface area contributed by atoms with Gasteiger partial charge in [0.1, 0.15) is 0 Å². The van der Waals surface area contributed by atoms with Gasteiger partial charge in [0, 0.05) is 38.5 Å². The average Bonchev–Trinajstić information content (AvgIpc) is 2.61. The molecule has 1 amide bonds. The number of carbonyl (C=O) groups excluding carboxylic acids is 1. The van der Waals surface area contributed by atoms with Gasteiger partial charge in [0.2, 0.25) is 5.91 Å². The van der Waals surface area contributed by atoms with Crippen LogP contribution in [0.15, 0.2) is 0 Å². The van der Waals surface area contributed by atoms with Crippen molar-refractivity contribution in [2.45, 2.75) is 39.5 Å². The van der Waals surface area contributed by atoms with E-state index in [0.717, 1.165) is 42.8 Å². The van der Waals surface area contributed by atoms with Crippen molar-refractivity contribution in [1.29, 1.82) is 0 Å². The number of aryl methyl sites for hydroxylation is 2. The number of hydrogen-bond donors (Lipinski definition) is 1. The van der Waals surface area contributed by atoms with E-state index in [-0.39, 0.29) is 12.5 Å². The summed E-state index contributed by atoms with van der Waals surface area (Å²) in [5, 5.41) is 13.0. The van der Waals surface area contributed by atoms with Gasteiger partial charge in [-0.25, -0.2) is 0 Å². The lowest BCUT2D eigenvalue weighted by atomic mass is 10.1. The van der Waals surface area contributed by atoms with Gasteiger partial charge in [0.05, 0.1) is 12.1 Å². The van der Waals surface area contributed by atoms with Gasteiger partial charge in [-0.15, -0.1) is 0 Å². The van der Waals surface area contributed by atoms with Crippen molar-refractivity contribution in [3.05, 3.63) is 17.0 Å². The highest BCUT2D eigenvalue weighted by Gasteiger charge is 2.15. The van der Waals surface area contributed by atoms with E-state index in [1.807, 2.05) is 32.6 Å². The molecule has 108 valence electrons. The normalized spacial score (nSPS) is 10.8. The summed E-state index contributed by atoms with van der Waals surface area (Å²) in [5.41, 5.74) is 3.02. The number of carbonyl (C=O) groups is 1. The number of aliphatic hydroxyl groups is 1. The summed E-state index contributed by atoms with van der Waals surface area (Å²) >= 11 is 0. The number of unbranched alkanes of at least 4 members (excludes halogenated alkanes) is 2. The van der Waals surface area contributed by atoms with Gasteiger partial charge in [-0.2, -0.15) is 5.10 Å². The van der Waals surface area contributed by atoms with Crippen LogP contribution in [0.5, 0.6) is 0 Å². The molecular formula is C14H25N3O2. The van der Waals surface area contributed by atoms with E-state index in [0.29, 0.717) is 6.42 Å². The van der Waals surface area contributed by atoms with Gasteiger partial charge >= 0.3 is 0 Å². The Labute approximate surface area is 115 Å². The van der Waals surface area contributed by atoms with Crippen molar-refractivity contribution in [3.8, 4) is 0 Å². The molecule has 1 aromatic rings. The van der Waals surface area contributed by atoms with Crippen LogP contribution in [0.25, 0.3) is 0 Å². The van der Waals surface area contributed by atoms with Crippen LogP contribution in [0.3, 0.4) is 0 Å². The molecule has 1 heterocycles. The van der Waals surface area contributed by atoms with Crippen LogP contribution < -0.4 is 0 Å². The summed E-state index contributed by atoms with van der Waals surface area (Å²) in [6, 6.07) is 0. The van der Waals surface area contributed by atoms with Gasteiger partial charge < -0.3 is 10.0 Å². The molecule has 0 saturated carbocycles. The maximum Gasteiger partial charge on any atom is 0.226 e. The molecule has 0 atom stereocenters. The molecule has 0 radical (unpaired) electrons. The Morgan fingerprint density at radius 3 is 2.53 bits per heavy atom. The van der Waals surface area contributed by atoms with Gasteiger partial charge in [-0.1, -0.05) is 0 Å². The predicted molar refractivity (Wildman–Crippen MR) is 75.0 cm³/mol. The minimum absolute atomic E-state index is 0.128. The summed E-state index contributed by atoms with van der Waals surface area (Å²) in [5.74, 6) is 0.128. The number of aliphatic hydroxyl groups excluding tert-OH is 1. The Bertz CT molecular complexity index is 427. The number of nitrogens with zero attached hydrogens (tertiary/aromatic N) is 3. The second kappa shape index (κ2) is 7.28. The largest absolute Gasteiger partial charge is 0.396 e. The highest BCUT2D eigenvalue weighted by molar-refractivity contribution is 5.79. The molecule has 0 saturated heterocycles. The molecule has 0 aliphatic carbocycles. The first-order valence-electron chi connectivity index (χ1n) is 6.81. The summed E-state index contributed by atoms with van der Waals surface area (Å²) in [4.78, 5) is 13.9. The van der Waals surface area contributed by atoms with Crippen LogP contribution in [0.2, 0.25) is 0 Å². The van der Waals surface area contributed by atoms with E-state index in [9.17, 15) is 4.79 Å². The van der Waals surface area contributed by atoms with Gasteiger partial charge in [0.25, 0.3) is 0 Å². The first kappa shape index (κ1) is 15.7. The van der Waals surface area contributed by atoms with Crippen molar-refractivity contribution in [1.82, 2.24) is 14.7 Å². The van der Waals surface area contributed by atoms with Crippen LogP contribution >= 0.6 is 0 Å². The molecule has 19 heavy (non-hydrogen) atoms. The van der Waals surface area contributed by atoms with Crippen molar-refractivity contribution in [3.63, 3.8) is 0 Å².